The molecule has 0 aliphatic heterocycles. The van der Waals surface area contributed by atoms with E-state index in [0.717, 1.165) is 12.0 Å². The van der Waals surface area contributed by atoms with Crippen LogP contribution in [0.25, 0.3) is 0 Å². The average molecular weight is 252 g/mol. The lowest BCUT2D eigenvalue weighted by Gasteiger charge is -2.23. The summed E-state index contributed by atoms with van der Waals surface area (Å²) < 4.78 is 13.0. The molecule has 0 saturated heterocycles. The summed E-state index contributed by atoms with van der Waals surface area (Å²) in [4.78, 5) is 13.7. The molecule has 1 rings (SSSR count). The van der Waals surface area contributed by atoms with Gasteiger partial charge in [0.25, 0.3) is 0 Å². The zero-order valence-electron chi connectivity index (χ0n) is 11.2. The van der Waals surface area contributed by atoms with Crippen molar-refractivity contribution in [1.29, 1.82) is 0 Å². The minimum Gasteiger partial charge on any atom is -0.355 e. The summed E-state index contributed by atoms with van der Waals surface area (Å²) in [6.07, 6.45) is 0.923. The van der Waals surface area contributed by atoms with Crippen molar-refractivity contribution in [2.24, 2.45) is 0 Å². The summed E-state index contributed by atoms with van der Waals surface area (Å²) in [6.45, 7) is 5.11. The van der Waals surface area contributed by atoms with Gasteiger partial charge in [0.05, 0.1) is 6.04 Å². The van der Waals surface area contributed by atoms with Crippen molar-refractivity contribution in [3.05, 3.63) is 35.6 Å². The summed E-state index contributed by atoms with van der Waals surface area (Å²) in [7, 11) is 1.86. The summed E-state index contributed by atoms with van der Waals surface area (Å²) in [5.74, 6) is -0.236. The second kappa shape index (κ2) is 7.11. The fourth-order valence-electron chi connectivity index (χ4n) is 1.66. The van der Waals surface area contributed by atoms with E-state index in [9.17, 15) is 9.18 Å². The molecular formula is C14H21FN2O. The lowest BCUT2D eigenvalue weighted by atomic mass is 10.2. The molecule has 0 aliphatic carbocycles. The largest absolute Gasteiger partial charge is 0.355 e. The van der Waals surface area contributed by atoms with E-state index in [2.05, 4.69) is 5.32 Å². The molecule has 0 aliphatic rings. The van der Waals surface area contributed by atoms with Gasteiger partial charge in [0, 0.05) is 13.1 Å². The van der Waals surface area contributed by atoms with Gasteiger partial charge in [-0.15, -0.1) is 0 Å². The number of carbonyl (C=O) groups is 1. The van der Waals surface area contributed by atoms with Gasteiger partial charge in [-0.05, 0) is 38.1 Å². The number of hydrogen-bond donors (Lipinski definition) is 1. The lowest BCUT2D eigenvalue weighted by molar-refractivity contribution is -0.125. The van der Waals surface area contributed by atoms with Crippen molar-refractivity contribution in [2.75, 3.05) is 13.6 Å². The Balaban J connectivity index is 2.54. The fraction of sp³-hybridized carbons (Fsp3) is 0.500. The van der Waals surface area contributed by atoms with Crippen molar-refractivity contribution in [3.63, 3.8) is 0 Å². The number of hydrogen-bond acceptors (Lipinski definition) is 2. The Bertz CT molecular complexity index is 395. The van der Waals surface area contributed by atoms with Crippen molar-refractivity contribution in [2.45, 2.75) is 32.9 Å². The van der Waals surface area contributed by atoms with Gasteiger partial charge in [-0.2, -0.15) is 0 Å². The van der Waals surface area contributed by atoms with E-state index in [1.165, 1.54) is 12.1 Å². The van der Waals surface area contributed by atoms with Gasteiger partial charge in [-0.3, -0.25) is 9.69 Å². The van der Waals surface area contributed by atoms with E-state index in [-0.39, 0.29) is 17.8 Å². The molecule has 0 bridgehead atoms. The molecular weight excluding hydrogens is 231 g/mol. The van der Waals surface area contributed by atoms with Crippen molar-refractivity contribution < 1.29 is 9.18 Å². The highest BCUT2D eigenvalue weighted by Crippen LogP contribution is 2.08. The average Bonchev–Trinajstić information content (AvgIpc) is 2.35. The normalized spacial score (nSPS) is 12.5. The van der Waals surface area contributed by atoms with Crippen LogP contribution in [0.4, 0.5) is 4.39 Å². The first-order valence-electron chi connectivity index (χ1n) is 6.27. The number of nitrogens with zero attached hydrogens (tertiary/aromatic N) is 1. The number of benzene rings is 1. The van der Waals surface area contributed by atoms with Gasteiger partial charge >= 0.3 is 0 Å². The van der Waals surface area contributed by atoms with Crippen molar-refractivity contribution >= 4 is 5.91 Å². The number of carbonyl (C=O) groups excluding carboxylic acids is 1. The lowest BCUT2D eigenvalue weighted by Crippen LogP contribution is -2.43. The van der Waals surface area contributed by atoms with E-state index < -0.39 is 0 Å². The number of rotatable bonds is 6. The smallest absolute Gasteiger partial charge is 0.237 e. The van der Waals surface area contributed by atoms with Crippen LogP contribution in [0.2, 0.25) is 0 Å². The van der Waals surface area contributed by atoms with Crippen LogP contribution in [0.15, 0.2) is 24.3 Å². The fourth-order valence-corrected chi connectivity index (χ4v) is 1.66. The molecule has 4 heteroatoms. The van der Waals surface area contributed by atoms with E-state index in [4.69, 9.17) is 0 Å². The Morgan fingerprint density at radius 2 is 2.22 bits per heavy atom. The highest BCUT2D eigenvalue weighted by molar-refractivity contribution is 5.81. The molecule has 0 spiro atoms. The SMILES string of the molecule is CCCNC(=O)C(C)N(C)Cc1cccc(F)c1. The van der Waals surface area contributed by atoms with Gasteiger partial charge in [-0.25, -0.2) is 4.39 Å². The van der Waals surface area contributed by atoms with Crippen molar-refractivity contribution in [3.8, 4) is 0 Å². The van der Waals surface area contributed by atoms with Crippen LogP contribution in [0.3, 0.4) is 0 Å². The van der Waals surface area contributed by atoms with Crippen LogP contribution < -0.4 is 5.32 Å². The number of likely N-dealkylation sites (N-methyl/N-ethyl adjacent to an activating group) is 1. The van der Waals surface area contributed by atoms with Gasteiger partial charge in [0.15, 0.2) is 0 Å². The van der Waals surface area contributed by atoms with E-state index in [1.807, 2.05) is 31.9 Å². The maximum absolute atomic E-state index is 13.0. The molecule has 1 amide bonds. The third kappa shape index (κ3) is 4.45. The van der Waals surface area contributed by atoms with Crippen LogP contribution in [0, 0.1) is 5.82 Å². The minimum atomic E-state index is -0.246. The highest BCUT2D eigenvalue weighted by atomic mass is 19.1. The zero-order chi connectivity index (χ0) is 13.5. The van der Waals surface area contributed by atoms with E-state index in [0.29, 0.717) is 13.1 Å². The second-order valence-corrected chi connectivity index (χ2v) is 4.51. The van der Waals surface area contributed by atoms with Crippen molar-refractivity contribution in [1.82, 2.24) is 10.2 Å². The first kappa shape index (κ1) is 14.6. The molecule has 0 heterocycles. The maximum atomic E-state index is 13.0. The molecule has 0 aromatic heterocycles. The molecule has 1 aromatic rings. The van der Waals surface area contributed by atoms with E-state index in [1.54, 1.807) is 6.07 Å². The van der Waals surface area contributed by atoms with Gasteiger partial charge in [-0.1, -0.05) is 19.1 Å². The Morgan fingerprint density at radius 3 is 2.83 bits per heavy atom. The van der Waals surface area contributed by atoms with Crippen LogP contribution in [0.1, 0.15) is 25.8 Å². The number of nitrogens with one attached hydrogen (secondary N) is 1. The molecule has 1 N–H and O–H groups in total. The Morgan fingerprint density at radius 1 is 1.50 bits per heavy atom. The maximum Gasteiger partial charge on any atom is 0.237 e. The van der Waals surface area contributed by atoms with Gasteiger partial charge in [0.1, 0.15) is 5.82 Å². The standard InChI is InChI=1S/C14H21FN2O/c1-4-8-16-14(18)11(2)17(3)10-12-6-5-7-13(15)9-12/h5-7,9,11H,4,8,10H2,1-3H3,(H,16,18). The number of amides is 1. The van der Waals surface area contributed by atoms with Gasteiger partial charge < -0.3 is 5.32 Å². The quantitative estimate of drug-likeness (QED) is 0.841. The van der Waals surface area contributed by atoms with Crippen LogP contribution in [0.5, 0.6) is 0 Å². The highest BCUT2D eigenvalue weighted by Gasteiger charge is 2.17. The third-order valence-corrected chi connectivity index (χ3v) is 2.91. The Labute approximate surface area is 108 Å². The molecule has 18 heavy (non-hydrogen) atoms. The third-order valence-electron chi connectivity index (χ3n) is 2.91. The van der Waals surface area contributed by atoms with Gasteiger partial charge in [0.2, 0.25) is 5.91 Å². The predicted octanol–water partition coefficient (Wildman–Crippen LogP) is 2.17. The molecule has 3 nitrogen and oxygen atoms in total. The number of halogens is 1. The molecule has 1 unspecified atom stereocenters. The molecule has 1 atom stereocenters. The van der Waals surface area contributed by atoms with E-state index >= 15 is 0 Å². The van der Waals surface area contributed by atoms with Crippen LogP contribution >= 0.6 is 0 Å². The summed E-state index contributed by atoms with van der Waals surface area (Å²) in [5, 5.41) is 2.86. The first-order valence-corrected chi connectivity index (χ1v) is 6.27. The summed E-state index contributed by atoms with van der Waals surface area (Å²) in [6, 6.07) is 6.23. The Hall–Kier alpha value is -1.42. The first-order chi connectivity index (χ1) is 8.54. The van der Waals surface area contributed by atoms with Crippen LogP contribution in [-0.4, -0.2) is 30.4 Å². The predicted molar refractivity (Wildman–Crippen MR) is 70.6 cm³/mol. The molecule has 0 saturated carbocycles. The molecule has 0 radical (unpaired) electrons. The monoisotopic (exact) mass is 252 g/mol. The second-order valence-electron chi connectivity index (χ2n) is 4.51. The van der Waals surface area contributed by atoms with Crippen LogP contribution in [-0.2, 0) is 11.3 Å². The minimum absolute atomic E-state index is 0.00996. The molecule has 0 fully saturated rings. The topological polar surface area (TPSA) is 32.3 Å². The molecule has 100 valence electrons. The summed E-state index contributed by atoms with van der Waals surface area (Å²) >= 11 is 0. The molecule has 1 aromatic carbocycles. The Kier molecular flexibility index (Phi) is 5.78. The summed E-state index contributed by atoms with van der Waals surface area (Å²) in [5.41, 5.74) is 0.868. The zero-order valence-corrected chi connectivity index (χ0v) is 11.2.